The molecule has 0 saturated heterocycles. The molecule has 1 aromatic carbocycles. The first-order valence-electron chi connectivity index (χ1n) is 6.45. The molecule has 0 aromatic heterocycles. The molecule has 0 aliphatic heterocycles. The second kappa shape index (κ2) is 9.72. The van der Waals surface area contributed by atoms with Crippen molar-refractivity contribution in [2.75, 3.05) is 18.1 Å². The van der Waals surface area contributed by atoms with Gasteiger partial charge in [-0.2, -0.15) is 0 Å². The molecule has 0 fully saturated rings. The van der Waals surface area contributed by atoms with E-state index >= 15 is 0 Å². The van der Waals surface area contributed by atoms with Gasteiger partial charge in [0.15, 0.2) is 0 Å². The lowest BCUT2D eigenvalue weighted by molar-refractivity contribution is -0.137. The van der Waals surface area contributed by atoms with Crippen LogP contribution < -0.4 is 10.6 Å². The highest BCUT2D eigenvalue weighted by Gasteiger charge is 2.17. The Morgan fingerprint density at radius 3 is 2.67 bits per heavy atom. The van der Waals surface area contributed by atoms with E-state index in [1.54, 1.807) is 36.0 Å². The fraction of sp³-hybridized carbons (Fsp3) is 0.333. The van der Waals surface area contributed by atoms with Gasteiger partial charge >= 0.3 is 12.0 Å². The molecule has 0 aliphatic rings. The van der Waals surface area contributed by atoms with Gasteiger partial charge in [-0.1, -0.05) is 36.3 Å². The van der Waals surface area contributed by atoms with Crippen LogP contribution in [0.5, 0.6) is 0 Å². The van der Waals surface area contributed by atoms with Crippen LogP contribution in [0, 0.1) is 12.3 Å². The Morgan fingerprint density at radius 2 is 2.05 bits per heavy atom. The second-order valence-corrected chi connectivity index (χ2v) is 5.32. The van der Waals surface area contributed by atoms with Gasteiger partial charge in [-0.3, -0.25) is 4.79 Å². The molecule has 6 heteroatoms. The Labute approximate surface area is 128 Å². The third kappa shape index (κ3) is 7.28. The van der Waals surface area contributed by atoms with E-state index in [1.807, 2.05) is 6.07 Å². The summed E-state index contributed by atoms with van der Waals surface area (Å²) >= 11 is 1.55. The van der Waals surface area contributed by atoms with E-state index in [4.69, 9.17) is 11.5 Å². The number of thioether (sulfide) groups is 1. The van der Waals surface area contributed by atoms with Gasteiger partial charge in [0.25, 0.3) is 0 Å². The van der Waals surface area contributed by atoms with Crippen LogP contribution >= 0.6 is 11.8 Å². The number of amides is 2. The number of carbonyl (C=O) groups excluding carboxylic acids is 1. The van der Waals surface area contributed by atoms with Crippen LogP contribution in [0.15, 0.2) is 30.3 Å². The topological polar surface area (TPSA) is 78.4 Å². The number of hydrogen-bond donors (Lipinski definition) is 3. The summed E-state index contributed by atoms with van der Waals surface area (Å²) in [6.07, 6.45) is 4.96. The largest absolute Gasteiger partial charge is 0.481 e. The molecule has 1 atom stereocenters. The van der Waals surface area contributed by atoms with E-state index in [0.29, 0.717) is 18.1 Å². The minimum Gasteiger partial charge on any atom is -0.481 e. The van der Waals surface area contributed by atoms with Crippen LogP contribution in [0.4, 0.5) is 4.79 Å². The number of carboxylic acids is 1. The second-order valence-electron chi connectivity index (χ2n) is 4.22. The molecule has 2 amide bonds. The lowest BCUT2D eigenvalue weighted by atomic mass is 10.0. The zero-order valence-corrected chi connectivity index (χ0v) is 12.4. The Kier molecular flexibility index (Phi) is 7.84. The van der Waals surface area contributed by atoms with E-state index in [2.05, 4.69) is 16.6 Å². The van der Waals surface area contributed by atoms with Crippen molar-refractivity contribution in [3.8, 4) is 12.3 Å². The molecule has 21 heavy (non-hydrogen) atoms. The van der Waals surface area contributed by atoms with Gasteiger partial charge in [-0.25, -0.2) is 4.79 Å². The molecule has 0 spiro atoms. The van der Waals surface area contributed by atoms with Gasteiger partial charge in [0.1, 0.15) is 0 Å². The Morgan fingerprint density at radius 1 is 1.33 bits per heavy atom. The third-order valence-electron chi connectivity index (χ3n) is 2.60. The molecule has 1 rings (SSSR count). The van der Waals surface area contributed by atoms with Crippen molar-refractivity contribution in [1.82, 2.24) is 10.6 Å². The van der Waals surface area contributed by atoms with E-state index in [-0.39, 0.29) is 12.5 Å². The molecule has 0 heterocycles. The number of rotatable bonds is 8. The number of aliphatic carboxylic acids is 1. The molecule has 0 aliphatic carbocycles. The van der Waals surface area contributed by atoms with Crippen molar-refractivity contribution in [3.05, 3.63) is 35.9 Å². The molecule has 3 N–H and O–H groups in total. The van der Waals surface area contributed by atoms with Crippen LogP contribution in [0.3, 0.4) is 0 Å². The quantitative estimate of drug-likeness (QED) is 0.506. The maximum atomic E-state index is 11.8. The number of terminal acetylenes is 1. The molecule has 0 saturated carbocycles. The summed E-state index contributed by atoms with van der Waals surface area (Å²) in [4.78, 5) is 22.7. The van der Waals surface area contributed by atoms with E-state index < -0.39 is 12.0 Å². The van der Waals surface area contributed by atoms with E-state index in [0.717, 1.165) is 5.56 Å². The lowest BCUT2D eigenvalue weighted by Gasteiger charge is -2.17. The average Bonchev–Trinajstić information content (AvgIpc) is 2.47. The fourth-order valence-electron chi connectivity index (χ4n) is 1.69. The highest BCUT2D eigenvalue weighted by atomic mass is 32.2. The van der Waals surface area contributed by atoms with Crippen LogP contribution in [0.2, 0.25) is 0 Å². The minimum atomic E-state index is -0.964. The van der Waals surface area contributed by atoms with Gasteiger partial charge in [-0.05, 0) is 5.56 Å². The predicted molar refractivity (Wildman–Crippen MR) is 84.1 cm³/mol. The number of urea groups is 1. The number of hydrogen-bond acceptors (Lipinski definition) is 3. The fourth-order valence-corrected chi connectivity index (χ4v) is 2.20. The maximum absolute atomic E-state index is 11.8. The van der Waals surface area contributed by atoms with E-state index in [1.165, 1.54) is 0 Å². The smallest absolute Gasteiger partial charge is 0.315 e. The molecule has 112 valence electrons. The third-order valence-corrected chi connectivity index (χ3v) is 3.47. The van der Waals surface area contributed by atoms with Crippen molar-refractivity contribution in [3.63, 3.8) is 0 Å². The van der Waals surface area contributed by atoms with Crippen LogP contribution in [0.1, 0.15) is 18.0 Å². The van der Waals surface area contributed by atoms with Crippen molar-refractivity contribution in [2.45, 2.75) is 12.5 Å². The first kappa shape index (κ1) is 16.9. The molecular weight excluding hydrogens is 288 g/mol. The van der Waals surface area contributed by atoms with Crippen molar-refractivity contribution >= 4 is 23.8 Å². The Bertz CT molecular complexity index is 499. The zero-order valence-electron chi connectivity index (χ0n) is 11.5. The van der Waals surface area contributed by atoms with Crippen LogP contribution in [0.25, 0.3) is 0 Å². The summed E-state index contributed by atoms with van der Waals surface area (Å²) in [6.45, 7) is 0.479. The summed E-state index contributed by atoms with van der Waals surface area (Å²) < 4.78 is 0. The van der Waals surface area contributed by atoms with Crippen molar-refractivity contribution < 1.29 is 14.7 Å². The highest BCUT2D eigenvalue weighted by Crippen LogP contribution is 2.16. The Hall–Kier alpha value is -2.13. The number of carbonyl (C=O) groups is 2. The van der Waals surface area contributed by atoms with Crippen molar-refractivity contribution in [2.24, 2.45) is 0 Å². The molecule has 0 radical (unpaired) electrons. The molecule has 5 nitrogen and oxygen atoms in total. The summed E-state index contributed by atoms with van der Waals surface area (Å²) in [5.74, 6) is 2.86. The van der Waals surface area contributed by atoms with Crippen LogP contribution in [-0.4, -0.2) is 35.2 Å². The SMILES string of the molecule is C#CCSCCNC(=O)NC(CC(=O)O)c1ccccc1. The molecule has 1 unspecified atom stereocenters. The molecule has 0 bridgehead atoms. The van der Waals surface area contributed by atoms with Gasteiger partial charge in [-0.15, -0.1) is 18.2 Å². The predicted octanol–water partition coefficient (Wildman–Crippen LogP) is 1.87. The minimum absolute atomic E-state index is 0.163. The zero-order chi connectivity index (χ0) is 15.5. The summed E-state index contributed by atoms with van der Waals surface area (Å²) in [5.41, 5.74) is 0.761. The summed E-state index contributed by atoms with van der Waals surface area (Å²) in [7, 11) is 0. The van der Waals surface area contributed by atoms with E-state index in [9.17, 15) is 9.59 Å². The first-order valence-corrected chi connectivity index (χ1v) is 7.61. The maximum Gasteiger partial charge on any atom is 0.315 e. The summed E-state index contributed by atoms with van der Waals surface area (Å²) in [5, 5.41) is 14.3. The van der Waals surface area contributed by atoms with Crippen molar-refractivity contribution in [1.29, 1.82) is 0 Å². The molecular formula is C15H18N2O3S. The molecule has 1 aromatic rings. The average molecular weight is 306 g/mol. The lowest BCUT2D eigenvalue weighted by Crippen LogP contribution is -2.39. The standard InChI is InChI=1S/C15H18N2O3S/c1-2-9-21-10-8-16-15(20)17-13(11-14(18)19)12-6-4-3-5-7-12/h1,3-7,13H,8-11H2,(H,18,19)(H2,16,17,20). The van der Waals surface area contributed by atoms with Gasteiger partial charge in [0, 0.05) is 12.3 Å². The summed E-state index contributed by atoms with van der Waals surface area (Å²) in [6, 6.07) is 8.09. The van der Waals surface area contributed by atoms with Gasteiger partial charge in [0.2, 0.25) is 0 Å². The first-order chi connectivity index (χ1) is 10.1. The number of nitrogens with one attached hydrogen (secondary N) is 2. The number of benzene rings is 1. The Balaban J connectivity index is 2.47. The number of carboxylic acid groups (broad SMARTS) is 1. The van der Waals surface area contributed by atoms with Gasteiger partial charge in [0.05, 0.1) is 18.2 Å². The normalized spacial score (nSPS) is 11.2. The van der Waals surface area contributed by atoms with Gasteiger partial charge < -0.3 is 15.7 Å². The van der Waals surface area contributed by atoms with Crippen LogP contribution in [-0.2, 0) is 4.79 Å². The monoisotopic (exact) mass is 306 g/mol. The highest BCUT2D eigenvalue weighted by molar-refractivity contribution is 7.99.